The Balaban J connectivity index is 1.52. The van der Waals surface area contributed by atoms with Gasteiger partial charge in [0, 0.05) is 43.2 Å². The van der Waals surface area contributed by atoms with Crippen molar-refractivity contribution in [1.29, 1.82) is 0 Å². The van der Waals surface area contributed by atoms with Crippen molar-refractivity contribution in [2.24, 2.45) is 0 Å². The molecule has 0 unspecified atom stereocenters. The molecule has 4 aromatic rings. The average Bonchev–Trinajstić information content (AvgIpc) is 3.23. The van der Waals surface area contributed by atoms with Crippen LogP contribution in [0.2, 0.25) is 0 Å². The molecule has 8 nitrogen and oxygen atoms in total. The van der Waals surface area contributed by atoms with Crippen LogP contribution in [0, 0.1) is 5.82 Å². The van der Waals surface area contributed by atoms with Crippen molar-refractivity contribution in [1.82, 2.24) is 20.6 Å². The third-order valence-electron chi connectivity index (χ3n) is 7.03. The highest BCUT2D eigenvalue weighted by Gasteiger charge is 2.34. The first kappa shape index (κ1) is 22.5. The molecular formula is C27H26FN5O3. The first-order chi connectivity index (χ1) is 17.5. The largest absolute Gasteiger partial charge is 0.508 e. The number of aromatic nitrogens is 2. The summed E-state index contributed by atoms with van der Waals surface area (Å²) in [7, 11) is 1.51. The Kier molecular flexibility index (Phi) is 5.56. The molecule has 2 bridgehead atoms. The number of nitrogens with zero attached hydrogens (tertiary/aromatic N) is 3. The van der Waals surface area contributed by atoms with E-state index in [1.165, 1.54) is 7.05 Å². The predicted molar refractivity (Wildman–Crippen MR) is 136 cm³/mol. The van der Waals surface area contributed by atoms with Crippen molar-refractivity contribution in [3.8, 4) is 22.9 Å². The molecule has 184 valence electrons. The molecule has 0 radical (unpaired) electrons. The highest BCUT2D eigenvalue weighted by Crippen LogP contribution is 2.38. The molecule has 1 amide bonds. The lowest BCUT2D eigenvalue weighted by molar-refractivity contribution is -0.122. The van der Waals surface area contributed by atoms with Crippen molar-refractivity contribution >= 4 is 33.4 Å². The minimum atomic E-state index is -0.533. The molecule has 2 fully saturated rings. The number of fused-ring (bicyclic) bond motifs is 4. The summed E-state index contributed by atoms with van der Waals surface area (Å²) in [6.07, 6.45) is 2.18. The number of aromatic hydroxyl groups is 1. The molecule has 3 heterocycles. The van der Waals surface area contributed by atoms with Gasteiger partial charge in [-0.3, -0.25) is 4.79 Å². The van der Waals surface area contributed by atoms with Gasteiger partial charge in [-0.15, -0.1) is 0 Å². The molecule has 3 N–H and O–H groups in total. The molecule has 2 atom stereocenters. The number of anilines is 1. The standard InChI is InChI=1S/C27H26FN5O3/c1-29-23(35)14-36-27-31-25-21(26(32-27)33-12-16-6-7-17(13-33)30-16)9-8-20(24(25)28)22-11-18(34)10-15-4-2-3-5-19(15)22/h2-5,8-11,16-17,30,34H,6-7,12-14H2,1H3,(H,29,35)/t16-,17+. The first-order valence-electron chi connectivity index (χ1n) is 12.1. The Morgan fingerprint density at radius 2 is 1.89 bits per heavy atom. The number of ether oxygens (including phenoxy) is 1. The van der Waals surface area contributed by atoms with Crippen LogP contribution in [0.1, 0.15) is 12.8 Å². The zero-order valence-corrected chi connectivity index (χ0v) is 19.8. The van der Waals surface area contributed by atoms with E-state index in [-0.39, 0.29) is 29.8 Å². The van der Waals surface area contributed by atoms with Gasteiger partial charge in [-0.2, -0.15) is 9.97 Å². The zero-order valence-electron chi connectivity index (χ0n) is 19.8. The lowest BCUT2D eigenvalue weighted by atomic mass is 9.96. The van der Waals surface area contributed by atoms with Gasteiger partial charge in [0.05, 0.1) is 0 Å². The van der Waals surface area contributed by atoms with E-state index < -0.39 is 5.82 Å². The smallest absolute Gasteiger partial charge is 0.319 e. The number of phenols is 1. The van der Waals surface area contributed by atoms with Crippen LogP contribution in [0.4, 0.5) is 10.2 Å². The second kappa shape index (κ2) is 8.91. The van der Waals surface area contributed by atoms with Crippen LogP contribution in [0.3, 0.4) is 0 Å². The van der Waals surface area contributed by atoms with Gasteiger partial charge in [0.1, 0.15) is 17.1 Å². The van der Waals surface area contributed by atoms with Crippen molar-refractivity contribution in [2.75, 3.05) is 31.6 Å². The van der Waals surface area contributed by atoms with E-state index in [2.05, 4.69) is 25.5 Å². The third kappa shape index (κ3) is 3.95. The number of piperazine rings is 1. The van der Waals surface area contributed by atoms with Gasteiger partial charge in [-0.1, -0.05) is 30.3 Å². The lowest BCUT2D eigenvalue weighted by Gasteiger charge is -2.34. The van der Waals surface area contributed by atoms with Crippen molar-refractivity contribution in [2.45, 2.75) is 24.9 Å². The Morgan fingerprint density at radius 3 is 2.67 bits per heavy atom. The maximum atomic E-state index is 16.2. The molecule has 0 saturated carbocycles. The topological polar surface area (TPSA) is 99.6 Å². The molecular weight excluding hydrogens is 461 g/mol. The van der Waals surface area contributed by atoms with Gasteiger partial charge in [-0.05, 0) is 47.4 Å². The number of hydrogen-bond acceptors (Lipinski definition) is 7. The molecule has 0 aliphatic carbocycles. The second-order valence-electron chi connectivity index (χ2n) is 9.37. The van der Waals surface area contributed by atoms with E-state index in [4.69, 9.17) is 4.74 Å². The normalized spacial score (nSPS) is 19.1. The number of rotatable bonds is 5. The van der Waals surface area contributed by atoms with E-state index in [0.29, 0.717) is 34.4 Å². The van der Waals surface area contributed by atoms with Crippen molar-refractivity contribution in [3.05, 3.63) is 54.3 Å². The minimum absolute atomic E-state index is 0.0520. The fraction of sp³-hybridized carbons (Fsp3) is 0.296. The maximum Gasteiger partial charge on any atom is 0.319 e. The summed E-state index contributed by atoms with van der Waals surface area (Å²) in [5, 5.41) is 18.6. The van der Waals surface area contributed by atoms with Gasteiger partial charge in [0.15, 0.2) is 12.4 Å². The summed E-state index contributed by atoms with van der Waals surface area (Å²) in [6, 6.07) is 14.9. The number of amides is 1. The van der Waals surface area contributed by atoms with Crippen LogP contribution < -0.4 is 20.3 Å². The molecule has 2 saturated heterocycles. The van der Waals surface area contributed by atoms with Crippen LogP contribution in [0.5, 0.6) is 11.8 Å². The summed E-state index contributed by atoms with van der Waals surface area (Å²) in [6.45, 7) is 1.23. The molecule has 2 aliphatic rings. The lowest BCUT2D eigenvalue weighted by Crippen LogP contribution is -2.51. The summed E-state index contributed by atoms with van der Waals surface area (Å²) < 4.78 is 21.8. The number of nitrogens with one attached hydrogen (secondary N) is 2. The second-order valence-corrected chi connectivity index (χ2v) is 9.37. The Morgan fingerprint density at radius 1 is 1.11 bits per heavy atom. The highest BCUT2D eigenvalue weighted by molar-refractivity contribution is 6.01. The van der Waals surface area contributed by atoms with E-state index in [1.807, 2.05) is 30.3 Å². The van der Waals surface area contributed by atoms with Gasteiger partial charge < -0.3 is 25.4 Å². The van der Waals surface area contributed by atoms with Gasteiger partial charge in [0.2, 0.25) is 0 Å². The highest BCUT2D eigenvalue weighted by atomic mass is 19.1. The summed E-state index contributed by atoms with van der Waals surface area (Å²) in [5.41, 5.74) is 0.998. The third-order valence-corrected chi connectivity index (χ3v) is 7.03. The molecule has 1 aromatic heterocycles. The molecule has 3 aromatic carbocycles. The molecule has 6 rings (SSSR count). The monoisotopic (exact) mass is 487 g/mol. The first-order valence-corrected chi connectivity index (χ1v) is 12.1. The van der Waals surface area contributed by atoms with Crippen LogP contribution in [0.15, 0.2) is 48.5 Å². The SMILES string of the molecule is CNC(=O)COc1nc(N2C[C@H]3CC[C@@H](C2)N3)c2ccc(-c3cc(O)cc4ccccc34)c(F)c2n1. The van der Waals surface area contributed by atoms with E-state index in [1.54, 1.807) is 18.2 Å². The number of hydrogen-bond donors (Lipinski definition) is 3. The average molecular weight is 488 g/mol. The van der Waals surface area contributed by atoms with E-state index in [0.717, 1.165) is 36.7 Å². The molecule has 0 spiro atoms. The summed E-state index contributed by atoms with van der Waals surface area (Å²) in [5.74, 6) is -0.218. The number of halogens is 1. The quantitative estimate of drug-likeness (QED) is 0.397. The summed E-state index contributed by atoms with van der Waals surface area (Å²) in [4.78, 5) is 22.9. The number of carbonyl (C=O) groups excluding carboxylic acids is 1. The van der Waals surface area contributed by atoms with Crippen LogP contribution in [-0.2, 0) is 4.79 Å². The predicted octanol–water partition coefficient (Wildman–Crippen LogP) is 3.36. The zero-order chi connectivity index (χ0) is 24.8. The van der Waals surface area contributed by atoms with Crippen LogP contribution in [-0.4, -0.2) is 59.8 Å². The number of carbonyl (C=O) groups is 1. The minimum Gasteiger partial charge on any atom is -0.508 e. The van der Waals surface area contributed by atoms with E-state index >= 15 is 4.39 Å². The fourth-order valence-electron chi connectivity index (χ4n) is 5.33. The molecule has 2 aliphatic heterocycles. The number of likely N-dealkylation sites (N-methyl/N-ethyl adjacent to an activating group) is 1. The Bertz CT molecular complexity index is 1480. The molecule has 36 heavy (non-hydrogen) atoms. The molecule has 9 heteroatoms. The maximum absolute atomic E-state index is 16.2. The summed E-state index contributed by atoms with van der Waals surface area (Å²) >= 11 is 0. The Hall–Kier alpha value is -3.98. The Labute approximate surface area is 207 Å². The number of phenolic OH excluding ortho intramolecular Hbond substituents is 1. The van der Waals surface area contributed by atoms with Crippen molar-refractivity contribution in [3.63, 3.8) is 0 Å². The van der Waals surface area contributed by atoms with Gasteiger partial charge in [0.25, 0.3) is 5.91 Å². The van der Waals surface area contributed by atoms with E-state index in [9.17, 15) is 9.90 Å². The van der Waals surface area contributed by atoms with Gasteiger partial charge >= 0.3 is 6.01 Å². The van der Waals surface area contributed by atoms with Gasteiger partial charge in [-0.25, -0.2) is 4.39 Å². The van der Waals surface area contributed by atoms with Crippen LogP contribution >= 0.6 is 0 Å². The number of benzene rings is 3. The van der Waals surface area contributed by atoms with Crippen molar-refractivity contribution < 1.29 is 19.0 Å². The van der Waals surface area contributed by atoms with Crippen LogP contribution in [0.25, 0.3) is 32.8 Å². The fourth-order valence-corrected chi connectivity index (χ4v) is 5.33.